The fourth-order valence-corrected chi connectivity index (χ4v) is 2.76. The van der Waals surface area contributed by atoms with Gasteiger partial charge in [0, 0.05) is 11.5 Å². The van der Waals surface area contributed by atoms with Crippen LogP contribution in [0.3, 0.4) is 0 Å². The van der Waals surface area contributed by atoms with Gasteiger partial charge in [-0.1, -0.05) is 27.3 Å². The van der Waals surface area contributed by atoms with E-state index >= 15 is 0 Å². The lowest BCUT2D eigenvalue weighted by Gasteiger charge is -1.99. The minimum atomic E-state index is -0.539. The normalized spacial score (nSPS) is 10.9. The lowest BCUT2D eigenvalue weighted by atomic mass is 10.4. The van der Waals surface area contributed by atoms with E-state index in [2.05, 4.69) is 19.3 Å². The molecule has 0 fully saturated rings. The van der Waals surface area contributed by atoms with Gasteiger partial charge in [0.1, 0.15) is 10.0 Å². The van der Waals surface area contributed by atoms with Gasteiger partial charge in [0.15, 0.2) is 5.82 Å². The van der Waals surface area contributed by atoms with E-state index in [0.717, 1.165) is 16.4 Å². The smallest absolute Gasteiger partial charge is 0.295 e. The van der Waals surface area contributed by atoms with Crippen LogP contribution in [0.2, 0.25) is 4.34 Å². The van der Waals surface area contributed by atoms with Crippen LogP contribution in [0, 0.1) is 0 Å². The summed E-state index contributed by atoms with van der Waals surface area (Å²) < 4.78 is 10.2. The van der Waals surface area contributed by atoms with Crippen LogP contribution >= 0.6 is 34.5 Å². The molecule has 3 rings (SSSR count). The molecule has 0 spiro atoms. The molecule has 9 heteroatoms. The molecule has 0 atom stereocenters. The topological polar surface area (TPSA) is 73.8 Å². The number of rotatable bonds is 3. The first kappa shape index (κ1) is 11.6. The van der Waals surface area contributed by atoms with Crippen molar-refractivity contribution >= 4 is 34.5 Å². The van der Waals surface area contributed by atoms with Crippen molar-refractivity contribution in [3.63, 3.8) is 0 Å². The lowest BCUT2D eigenvalue weighted by molar-refractivity contribution is 0.378. The molecule has 18 heavy (non-hydrogen) atoms. The lowest BCUT2D eigenvalue weighted by Crippen LogP contribution is -2.16. The second-order valence-corrected chi connectivity index (χ2v) is 5.63. The Labute approximate surface area is 114 Å². The number of thiophene rings is 1. The zero-order chi connectivity index (χ0) is 12.5. The summed E-state index contributed by atoms with van der Waals surface area (Å²) in [4.78, 5) is 12.5. The highest BCUT2D eigenvalue weighted by Crippen LogP contribution is 2.24. The number of hydrogen-bond acceptors (Lipinski definition) is 7. The van der Waals surface area contributed by atoms with Crippen LogP contribution in [0.25, 0.3) is 10.7 Å². The van der Waals surface area contributed by atoms with Crippen molar-refractivity contribution in [3.05, 3.63) is 38.1 Å². The highest BCUT2D eigenvalue weighted by molar-refractivity contribution is 7.13. The predicted molar refractivity (Wildman–Crippen MR) is 68.1 cm³/mol. The van der Waals surface area contributed by atoms with Gasteiger partial charge in [-0.3, -0.25) is 4.52 Å². The minimum Gasteiger partial charge on any atom is -0.295 e. The van der Waals surface area contributed by atoms with Gasteiger partial charge < -0.3 is 0 Å². The summed E-state index contributed by atoms with van der Waals surface area (Å²) in [6.45, 7) is 0.199. The zero-order valence-electron chi connectivity index (χ0n) is 8.74. The molecule has 0 saturated heterocycles. The van der Waals surface area contributed by atoms with E-state index in [1.165, 1.54) is 15.9 Å². The van der Waals surface area contributed by atoms with Gasteiger partial charge in [-0.05, 0) is 11.4 Å². The van der Waals surface area contributed by atoms with E-state index in [0.29, 0.717) is 15.9 Å². The second kappa shape index (κ2) is 4.63. The quantitative estimate of drug-likeness (QED) is 0.740. The molecule has 0 radical (unpaired) electrons. The van der Waals surface area contributed by atoms with E-state index in [1.807, 2.05) is 17.5 Å². The molecule has 0 N–H and O–H groups in total. The number of hydrogen-bond donors (Lipinski definition) is 0. The van der Waals surface area contributed by atoms with Gasteiger partial charge >= 0.3 is 5.76 Å². The van der Waals surface area contributed by atoms with Crippen LogP contribution < -0.4 is 5.76 Å². The number of nitrogens with zero attached hydrogens (tertiary/aromatic N) is 4. The number of aromatic nitrogens is 4. The Balaban J connectivity index is 2.05. The van der Waals surface area contributed by atoms with Crippen LogP contribution in [0.5, 0.6) is 0 Å². The zero-order valence-corrected chi connectivity index (χ0v) is 11.1. The first-order valence-corrected chi connectivity index (χ1v) is 6.86. The summed E-state index contributed by atoms with van der Waals surface area (Å²) in [5.74, 6) is -0.0680. The Kier molecular flexibility index (Phi) is 2.98. The standard InChI is InChI=1S/C9H5ClN4O2S2/c10-7-5(11-13-18-7)4-14-8(12-16-9(14)15)6-2-1-3-17-6/h1-3H,4H2. The van der Waals surface area contributed by atoms with Gasteiger partial charge in [-0.25, -0.2) is 9.36 Å². The summed E-state index contributed by atoms with van der Waals surface area (Å²) >= 11 is 8.46. The molecule has 0 amide bonds. The third-order valence-electron chi connectivity index (χ3n) is 2.25. The molecule has 92 valence electrons. The van der Waals surface area contributed by atoms with E-state index in [9.17, 15) is 4.79 Å². The third kappa shape index (κ3) is 1.98. The van der Waals surface area contributed by atoms with Crippen molar-refractivity contribution in [1.82, 2.24) is 19.3 Å². The molecule has 0 bridgehead atoms. The molecule has 0 aliphatic carbocycles. The summed E-state index contributed by atoms with van der Waals surface area (Å²) in [6.07, 6.45) is 0. The van der Waals surface area contributed by atoms with E-state index in [-0.39, 0.29) is 6.54 Å². The fraction of sp³-hybridized carbons (Fsp3) is 0.111. The highest BCUT2D eigenvalue weighted by atomic mass is 35.5. The maximum absolute atomic E-state index is 11.6. The van der Waals surface area contributed by atoms with Crippen molar-refractivity contribution in [2.24, 2.45) is 0 Å². The summed E-state index contributed by atoms with van der Waals surface area (Å²) in [7, 11) is 0. The Morgan fingerprint density at radius 1 is 1.50 bits per heavy atom. The number of halogens is 1. The van der Waals surface area contributed by atoms with Crippen molar-refractivity contribution in [1.29, 1.82) is 0 Å². The Bertz CT molecular complexity index is 715. The molecule has 6 nitrogen and oxygen atoms in total. The summed E-state index contributed by atoms with van der Waals surface area (Å²) in [5.41, 5.74) is 0.532. The molecular weight excluding hydrogens is 296 g/mol. The van der Waals surface area contributed by atoms with Crippen molar-refractivity contribution < 1.29 is 4.52 Å². The SMILES string of the molecule is O=c1onc(-c2cccs2)n1Cc1nnsc1Cl. The molecule has 3 heterocycles. The van der Waals surface area contributed by atoms with Gasteiger partial charge in [0.05, 0.1) is 11.4 Å². The molecular formula is C9H5ClN4O2S2. The molecule has 0 saturated carbocycles. The van der Waals surface area contributed by atoms with Crippen LogP contribution in [0.4, 0.5) is 0 Å². The average Bonchev–Trinajstić information content (AvgIpc) is 3.04. The monoisotopic (exact) mass is 300 g/mol. The average molecular weight is 301 g/mol. The van der Waals surface area contributed by atoms with Gasteiger partial charge in [0.2, 0.25) is 0 Å². The van der Waals surface area contributed by atoms with Crippen molar-refractivity contribution in [2.75, 3.05) is 0 Å². The van der Waals surface area contributed by atoms with Crippen LogP contribution in [-0.4, -0.2) is 19.3 Å². The van der Waals surface area contributed by atoms with Crippen LogP contribution in [0.15, 0.2) is 26.8 Å². The summed E-state index contributed by atoms with van der Waals surface area (Å²) in [5, 5.41) is 9.53. The molecule has 3 aromatic rings. The fourth-order valence-electron chi connectivity index (χ4n) is 1.43. The summed E-state index contributed by atoms with van der Waals surface area (Å²) in [6, 6.07) is 3.74. The van der Waals surface area contributed by atoms with Crippen LogP contribution in [0.1, 0.15) is 5.69 Å². The van der Waals surface area contributed by atoms with Crippen molar-refractivity contribution in [3.8, 4) is 10.7 Å². The molecule has 0 aliphatic heterocycles. The second-order valence-electron chi connectivity index (χ2n) is 3.33. The molecule has 0 aliphatic rings. The third-order valence-corrected chi connectivity index (χ3v) is 4.10. The maximum atomic E-state index is 11.6. The van der Waals surface area contributed by atoms with E-state index in [1.54, 1.807) is 0 Å². The maximum Gasteiger partial charge on any atom is 0.442 e. The molecule has 3 aromatic heterocycles. The van der Waals surface area contributed by atoms with Gasteiger partial charge in [-0.15, -0.1) is 16.4 Å². The molecule has 0 aromatic carbocycles. The van der Waals surface area contributed by atoms with Crippen LogP contribution in [-0.2, 0) is 6.54 Å². The Morgan fingerprint density at radius 3 is 3.06 bits per heavy atom. The van der Waals surface area contributed by atoms with Gasteiger partial charge in [0.25, 0.3) is 0 Å². The Morgan fingerprint density at radius 2 is 2.39 bits per heavy atom. The minimum absolute atomic E-state index is 0.199. The molecule has 0 unspecified atom stereocenters. The first-order valence-electron chi connectivity index (χ1n) is 4.83. The van der Waals surface area contributed by atoms with E-state index < -0.39 is 5.76 Å². The van der Waals surface area contributed by atoms with Gasteiger partial charge in [-0.2, -0.15) is 0 Å². The van der Waals surface area contributed by atoms with E-state index in [4.69, 9.17) is 11.6 Å². The largest absolute Gasteiger partial charge is 0.442 e. The van der Waals surface area contributed by atoms with Crippen molar-refractivity contribution in [2.45, 2.75) is 6.54 Å². The first-order chi connectivity index (χ1) is 8.75. The highest BCUT2D eigenvalue weighted by Gasteiger charge is 2.16. The Hall–Kier alpha value is -1.51. The predicted octanol–water partition coefficient (Wildman–Crippen LogP) is 2.12.